The molecular weight excluding hydrogens is 361 g/mol. The molecular formula is C19H25F3N2O3. The van der Waals surface area contributed by atoms with Crippen LogP contribution < -0.4 is 10.6 Å². The summed E-state index contributed by atoms with van der Waals surface area (Å²) in [7, 11) is 0. The maximum Gasteiger partial charge on any atom is 0.389 e. The second kappa shape index (κ2) is 10.3. The largest absolute Gasteiger partial charge is 0.389 e. The molecule has 27 heavy (non-hydrogen) atoms. The molecule has 0 spiro atoms. The van der Waals surface area contributed by atoms with Crippen molar-refractivity contribution in [2.24, 2.45) is 0 Å². The van der Waals surface area contributed by atoms with Gasteiger partial charge in [-0.3, -0.25) is 9.59 Å². The van der Waals surface area contributed by atoms with Gasteiger partial charge in [-0.1, -0.05) is 30.3 Å². The Morgan fingerprint density at radius 3 is 2.30 bits per heavy atom. The number of benzene rings is 1. The number of amides is 2. The summed E-state index contributed by atoms with van der Waals surface area (Å²) in [5.74, 6) is -0.838. The van der Waals surface area contributed by atoms with Gasteiger partial charge in [-0.05, 0) is 31.2 Å². The van der Waals surface area contributed by atoms with Crippen LogP contribution >= 0.6 is 0 Å². The summed E-state index contributed by atoms with van der Waals surface area (Å²) in [5.41, 5.74) is 0.976. The molecule has 2 N–H and O–H groups in total. The lowest BCUT2D eigenvalue weighted by Crippen LogP contribution is -2.46. The molecule has 8 heteroatoms. The normalized spacial score (nSPS) is 20.1. The highest BCUT2D eigenvalue weighted by atomic mass is 19.4. The smallest absolute Gasteiger partial charge is 0.367 e. The summed E-state index contributed by atoms with van der Waals surface area (Å²) in [6, 6.07) is 9.18. The van der Waals surface area contributed by atoms with Gasteiger partial charge in [-0.25, -0.2) is 0 Å². The zero-order valence-corrected chi connectivity index (χ0v) is 15.1. The van der Waals surface area contributed by atoms with Gasteiger partial charge in [0.2, 0.25) is 11.8 Å². The predicted octanol–water partition coefficient (Wildman–Crippen LogP) is 3.09. The minimum atomic E-state index is -4.33. The van der Waals surface area contributed by atoms with E-state index in [9.17, 15) is 22.8 Å². The molecule has 1 fully saturated rings. The van der Waals surface area contributed by atoms with Gasteiger partial charge in [0.05, 0.1) is 13.0 Å². The summed E-state index contributed by atoms with van der Waals surface area (Å²) in [4.78, 5) is 23.6. The summed E-state index contributed by atoms with van der Waals surface area (Å²) >= 11 is 0. The van der Waals surface area contributed by atoms with Crippen molar-refractivity contribution in [1.82, 2.24) is 10.6 Å². The third-order valence-electron chi connectivity index (χ3n) is 4.38. The standard InChI is InChI=1S/C19H25F3N2O3/c20-19(21,22)10-9-17(25)23-15-7-4-8-16(11-15)24-18(26)13-27-12-14-5-2-1-3-6-14/h1-3,5-6,15-16H,4,7-13H2,(H,23,25)(H,24,26)/t15-,16+/m1/s1. The first-order chi connectivity index (χ1) is 12.8. The third kappa shape index (κ3) is 8.90. The zero-order valence-electron chi connectivity index (χ0n) is 15.1. The molecule has 0 aromatic heterocycles. The number of halogens is 3. The van der Waals surface area contributed by atoms with Crippen molar-refractivity contribution in [2.45, 2.75) is 63.4 Å². The lowest BCUT2D eigenvalue weighted by atomic mass is 9.91. The Hall–Kier alpha value is -2.09. The van der Waals surface area contributed by atoms with E-state index in [2.05, 4.69) is 10.6 Å². The van der Waals surface area contributed by atoms with E-state index in [1.54, 1.807) is 0 Å². The molecule has 0 radical (unpaired) electrons. The highest BCUT2D eigenvalue weighted by Gasteiger charge is 2.29. The van der Waals surface area contributed by atoms with Crippen LogP contribution in [0.1, 0.15) is 44.1 Å². The molecule has 1 aromatic carbocycles. The van der Waals surface area contributed by atoms with Crippen LogP contribution in [0.25, 0.3) is 0 Å². The monoisotopic (exact) mass is 386 g/mol. The minimum absolute atomic E-state index is 0.0615. The lowest BCUT2D eigenvalue weighted by Gasteiger charge is -2.30. The van der Waals surface area contributed by atoms with Crippen molar-refractivity contribution < 1.29 is 27.5 Å². The van der Waals surface area contributed by atoms with Gasteiger partial charge >= 0.3 is 6.18 Å². The number of ether oxygens (including phenoxy) is 1. The number of carbonyl (C=O) groups is 2. The molecule has 2 rings (SSSR count). The highest BCUT2D eigenvalue weighted by molar-refractivity contribution is 5.77. The van der Waals surface area contributed by atoms with E-state index in [0.29, 0.717) is 19.4 Å². The SMILES string of the molecule is O=C(CCC(F)(F)F)N[C@@H]1CCC[C@H](NC(=O)COCc2ccccc2)C1. The molecule has 1 aliphatic carbocycles. The Labute approximate surface area is 156 Å². The second-order valence-electron chi connectivity index (χ2n) is 6.79. The van der Waals surface area contributed by atoms with Gasteiger partial charge < -0.3 is 15.4 Å². The molecule has 150 valence electrons. The fraction of sp³-hybridized carbons (Fsp3) is 0.579. The number of carbonyl (C=O) groups excluding carboxylic acids is 2. The molecule has 2 atom stereocenters. The second-order valence-corrected chi connectivity index (χ2v) is 6.79. The van der Waals surface area contributed by atoms with E-state index in [0.717, 1.165) is 18.4 Å². The van der Waals surface area contributed by atoms with Crippen molar-refractivity contribution in [1.29, 1.82) is 0 Å². The summed E-state index contributed by atoms with van der Waals surface area (Å²) in [5, 5.41) is 5.51. The van der Waals surface area contributed by atoms with Gasteiger partial charge in [-0.2, -0.15) is 13.2 Å². The fourth-order valence-corrected chi connectivity index (χ4v) is 3.11. The number of alkyl halides is 3. The Bertz CT molecular complexity index is 608. The van der Waals surface area contributed by atoms with E-state index in [1.165, 1.54) is 0 Å². The molecule has 0 aliphatic heterocycles. The van der Waals surface area contributed by atoms with Crippen LogP contribution in [0.3, 0.4) is 0 Å². The number of hydrogen-bond acceptors (Lipinski definition) is 3. The van der Waals surface area contributed by atoms with Crippen molar-refractivity contribution in [3.8, 4) is 0 Å². The summed E-state index contributed by atoms with van der Waals surface area (Å²) in [6.45, 7) is 0.283. The molecule has 2 amide bonds. The lowest BCUT2D eigenvalue weighted by molar-refractivity contribution is -0.144. The van der Waals surface area contributed by atoms with Crippen LogP contribution in [-0.4, -0.2) is 36.7 Å². The van der Waals surface area contributed by atoms with E-state index in [4.69, 9.17) is 4.74 Å². The van der Waals surface area contributed by atoms with E-state index < -0.39 is 24.9 Å². The van der Waals surface area contributed by atoms with Crippen molar-refractivity contribution in [3.05, 3.63) is 35.9 Å². The van der Waals surface area contributed by atoms with Crippen LogP contribution in [0.2, 0.25) is 0 Å². The average molecular weight is 386 g/mol. The topological polar surface area (TPSA) is 67.4 Å². The van der Waals surface area contributed by atoms with Crippen LogP contribution in [0.5, 0.6) is 0 Å². The number of hydrogen-bond donors (Lipinski definition) is 2. The number of rotatable bonds is 8. The first-order valence-corrected chi connectivity index (χ1v) is 9.09. The summed E-state index contributed by atoms with van der Waals surface area (Å²) in [6.07, 6.45) is -3.23. The Morgan fingerprint density at radius 2 is 1.67 bits per heavy atom. The van der Waals surface area contributed by atoms with Gasteiger partial charge in [0.1, 0.15) is 6.61 Å². The molecule has 5 nitrogen and oxygen atoms in total. The number of nitrogens with one attached hydrogen (secondary N) is 2. The van der Waals surface area contributed by atoms with Gasteiger partial charge in [0, 0.05) is 18.5 Å². The molecule has 1 saturated carbocycles. The maximum absolute atomic E-state index is 12.2. The van der Waals surface area contributed by atoms with E-state index >= 15 is 0 Å². The van der Waals surface area contributed by atoms with Crippen molar-refractivity contribution in [2.75, 3.05) is 6.61 Å². The quantitative estimate of drug-likeness (QED) is 0.722. The molecule has 1 aromatic rings. The molecule has 0 unspecified atom stereocenters. The third-order valence-corrected chi connectivity index (χ3v) is 4.38. The first-order valence-electron chi connectivity index (χ1n) is 9.09. The van der Waals surface area contributed by atoms with Gasteiger partial charge in [0.25, 0.3) is 0 Å². The van der Waals surface area contributed by atoms with Crippen molar-refractivity contribution in [3.63, 3.8) is 0 Å². The van der Waals surface area contributed by atoms with Crippen LogP contribution in [0.4, 0.5) is 13.2 Å². The summed E-state index contributed by atoms with van der Waals surface area (Å²) < 4.78 is 41.9. The zero-order chi connectivity index (χ0) is 19.7. The fourth-order valence-electron chi connectivity index (χ4n) is 3.11. The Morgan fingerprint density at radius 1 is 1.04 bits per heavy atom. The minimum Gasteiger partial charge on any atom is -0.367 e. The highest BCUT2D eigenvalue weighted by Crippen LogP contribution is 2.22. The molecule has 1 aliphatic rings. The molecule has 0 bridgehead atoms. The van der Waals surface area contributed by atoms with E-state index in [-0.39, 0.29) is 24.6 Å². The van der Waals surface area contributed by atoms with Crippen LogP contribution in [0, 0.1) is 0 Å². The first kappa shape index (κ1) is 21.2. The molecule has 0 heterocycles. The predicted molar refractivity (Wildman–Crippen MR) is 93.7 cm³/mol. The van der Waals surface area contributed by atoms with Crippen LogP contribution in [-0.2, 0) is 20.9 Å². The van der Waals surface area contributed by atoms with Crippen molar-refractivity contribution >= 4 is 11.8 Å². The Balaban J connectivity index is 1.66. The van der Waals surface area contributed by atoms with Gasteiger partial charge in [0.15, 0.2) is 0 Å². The Kier molecular flexibility index (Phi) is 8.09. The van der Waals surface area contributed by atoms with Gasteiger partial charge in [-0.15, -0.1) is 0 Å². The average Bonchev–Trinajstić information content (AvgIpc) is 2.61. The van der Waals surface area contributed by atoms with E-state index in [1.807, 2.05) is 30.3 Å². The molecule has 0 saturated heterocycles. The maximum atomic E-state index is 12.2. The van der Waals surface area contributed by atoms with Crippen LogP contribution in [0.15, 0.2) is 30.3 Å².